The Morgan fingerprint density at radius 3 is 2.59 bits per heavy atom. The molecular formula is C16H20N2O3S. The van der Waals surface area contributed by atoms with Crippen LogP contribution in [0.3, 0.4) is 0 Å². The van der Waals surface area contributed by atoms with Crippen LogP contribution in [0.5, 0.6) is 0 Å². The van der Waals surface area contributed by atoms with E-state index in [4.69, 9.17) is 4.52 Å². The maximum Gasteiger partial charge on any atom is 0.224 e. The Hall–Kier alpha value is -1.79. The van der Waals surface area contributed by atoms with E-state index >= 15 is 0 Å². The normalized spacial score (nSPS) is 12.2. The van der Waals surface area contributed by atoms with Crippen LogP contribution in [-0.4, -0.2) is 29.0 Å². The zero-order valence-electron chi connectivity index (χ0n) is 12.9. The summed E-state index contributed by atoms with van der Waals surface area (Å²) in [5.74, 6) is 0.495. The molecule has 0 aliphatic carbocycles. The molecule has 0 aliphatic rings. The van der Waals surface area contributed by atoms with Crippen LogP contribution in [0.15, 0.2) is 33.7 Å². The number of rotatable bonds is 6. The fourth-order valence-electron chi connectivity index (χ4n) is 2.13. The van der Waals surface area contributed by atoms with Crippen molar-refractivity contribution >= 4 is 17.7 Å². The average molecular weight is 320 g/mol. The number of amides is 1. The Labute approximate surface area is 134 Å². The maximum absolute atomic E-state index is 12.0. The summed E-state index contributed by atoms with van der Waals surface area (Å²) in [7, 11) is 0. The van der Waals surface area contributed by atoms with Crippen molar-refractivity contribution in [1.29, 1.82) is 0 Å². The number of carbonyl (C=O) groups excluding carboxylic acids is 1. The zero-order chi connectivity index (χ0) is 16.1. The average Bonchev–Trinajstić information content (AvgIpc) is 2.84. The number of hydrogen-bond donors (Lipinski definition) is 2. The third-order valence-corrected chi connectivity index (χ3v) is 4.26. The quantitative estimate of drug-likeness (QED) is 0.800. The van der Waals surface area contributed by atoms with Gasteiger partial charge in [-0.25, -0.2) is 0 Å². The van der Waals surface area contributed by atoms with Crippen molar-refractivity contribution in [2.45, 2.75) is 31.3 Å². The fraction of sp³-hybridized carbons (Fsp3) is 0.375. The van der Waals surface area contributed by atoms with Gasteiger partial charge in [-0.3, -0.25) is 4.79 Å². The molecule has 5 nitrogen and oxygen atoms in total. The summed E-state index contributed by atoms with van der Waals surface area (Å²) in [5.41, 5.74) is 2.31. The number of benzene rings is 1. The molecule has 1 aromatic heterocycles. The Bertz CT molecular complexity index is 618. The summed E-state index contributed by atoms with van der Waals surface area (Å²) in [6.45, 7) is 3.77. The lowest BCUT2D eigenvalue weighted by Crippen LogP contribution is -2.29. The van der Waals surface area contributed by atoms with Gasteiger partial charge < -0.3 is 14.9 Å². The molecule has 2 rings (SSSR count). The highest BCUT2D eigenvalue weighted by atomic mass is 32.2. The highest BCUT2D eigenvalue weighted by molar-refractivity contribution is 7.98. The lowest BCUT2D eigenvalue weighted by atomic mass is 10.1. The van der Waals surface area contributed by atoms with Gasteiger partial charge in [0.15, 0.2) is 0 Å². The molecule has 0 spiro atoms. The van der Waals surface area contributed by atoms with Gasteiger partial charge in [0.05, 0.1) is 18.2 Å². The van der Waals surface area contributed by atoms with Gasteiger partial charge in [0, 0.05) is 17.0 Å². The van der Waals surface area contributed by atoms with Crippen molar-refractivity contribution < 1.29 is 14.4 Å². The Balaban J connectivity index is 1.87. The van der Waals surface area contributed by atoms with E-state index in [-0.39, 0.29) is 18.9 Å². The van der Waals surface area contributed by atoms with E-state index in [2.05, 4.69) is 10.5 Å². The molecular weight excluding hydrogens is 300 g/mol. The molecule has 2 N–H and O–H groups in total. The van der Waals surface area contributed by atoms with E-state index in [1.54, 1.807) is 25.6 Å². The molecule has 1 atom stereocenters. The predicted molar refractivity (Wildman–Crippen MR) is 85.9 cm³/mol. The fourth-order valence-corrected chi connectivity index (χ4v) is 2.54. The summed E-state index contributed by atoms with van der Waals surface area (Å²) in [6.07, 6.45) is 1.49. The van der Waals surface area contributed by atoms with Crippen molar-refractivity contribution in [2.24, 2.45) is 0 Å². The molecule has 1 amide bonds. The number of thioether (sulfide) groups is 1. The topological polar surface area (TPSA) is 75.4 Å². The molecule has 0 bridgehead atoms. The van der Waals surface area contributed by atoms with Gasteiger partial charge in [-0.2, -0.15) is 0 Å². The van der Waals surface area contributed by atoms with Crippen molar-refractivity contribution in [3.8, 4) is 0 Å². The molecule has 0 aliphatic heterocycles. The summed E-state index contributed by atoms with van der Waals surface area (Å²) < 4.78 is 5.03. The molecule has 22 heavy (non-hydrogen) atoms. The van der Waals surface area contributed by atoms with Gasteiger partial charge in [0.2, 0.25) is 5.91 Å². The van der Waals surface area contributed by atoms with Gasteiger partial charge in [0.25, 0.3) is 0 Å². The van der Waals surface area contributed by atoms with Crippen LogP contribution < -0.4 is 5.32 Å². The van der Waals surface area contributed by atoms with Crippen LogP contribution in [-0.2, 0) is 11.2 Å². The number of carbonyl (C=O) groups is 1. The summed E-state index contributed by atoms with van der Waals surface area (Å²) in [5, 5.41) is 16.7. The van der Waals surface area contributed by atoms with E-state index in [0.29, 0.717) is 5.76 Å². The number of aliphatic hydroxyl groups is 1. The van der Waals surface area contributed by atoms with Gasteiger partial charge in [-0.1, -0.05) is 17.3 Å². The van der Waals surface area contributed by atoms with E-state index in [1.807, 2.05) is 30.5 Å². The second-order valence-corrected chi connectivity index (χ2v) is 5.95. The lowest BCUT2D eigenvalue weighted by Gasteiger charge is -2.12. The number of nitrogens with zero attached hydrogens (tertiary/aromatic N) is 1. The first-order valence-corrected chi connectivity index (χ1v) is 8.24. The van der Waals surface area contributed by atoms with E-state index in [9.17, 15) is 9.90 Å². The molecule has 1 aromatic carbocycles. The molecule has 2 aromatic rings. The standard InChI is InChI=1S/C16H20N2O3S/c1-10-14(11(2)21-18-10)8-16(20)17-9-15(19)12-4-6-13(22-3)7-5-12/h4-7,15,19H,8-9H2,1-3H3,(H,17,20). The first-order chi connectivity index (χ1) is 10.5. The van der Waals surface area contributed by atoms with Crippen molar-refractivity contribution in [3.05, 3.63) is 46.8 Å². The van der Waals surface area contributed by atoms with Crippen molar-refractivity contribution in [3.63, 3.8) is 0 Å². The molecule has 6 heteroatoms. The summed E-state index contributed by atoms with van der Waals surface area (Å²) >= 11 is 1.65. The molecule has 0 fully saturated rings. The third-order valence-electron chi connectivity index (χ3n) is 3.51. The van der Waals surface area contributed by atoms with E-state index in [0.717, 1.165) is 21.7 Å². The minimum Gasteiger partial charge on any atom is -0.387 e. The number of nitrogens with one attached hydrogen (secondary N) is 1. The van der Waals surface area contributed by atoms with Gasteiger partial charge in [0.1, 0.15) is 5.76 Å². The SMILES string of the molecule is CSc1ccc(C(O)CNC(=O)Cc2c(C)noc2C)cc1. The highest BCUT2D eigenvalue weighted by Gasteiger charge is 2.15. The third kappa shape index (κ3) is 4.11. The number of aryl methyl sites for hydroxylation is 2. The largest absolute Gasteiger partial charge is 0.387 e. The van der Waals surface area contributed by atoms with Gasteiger partial charge >= 0.3 is 0 Å². The number of hydrogen-bond acceptors (Lipinski definition) is 5. The number of aliphatic hydroxyl groups excluding tert-OH is 1. The van der Waals surface area contributed by atoms with Gasteiger partial charge in [-0.15, -0.1) is 11.8 Å². The van der Waals surface area contributed by atoms with Gasteiger partial charge in [-0.05, 0) is 37.8 Å². The Morgan fingerprint density at radius 1 is 1.36 bits per heavy atom. The highest BCUT2D eigenvalue weighted by Crippen LogP contribution is 2.19. The van der Waals surface area contributed by atoms with E-state index in [1.165, 1.54) is 0 Å². The zero-order valence-corrected chi connectivity index (χ0v) is 13.7. The maximum atomic E-state index is 12.0. The Kier molecular flexibility index (Phi) is 5.63. The monoisotopic (exact) mass is 320 g/mol. The molecule has 0 radical (unpaired) electrons. The van der Waals surface area contributed by atoms with Crippen LogP contribution in [0.2, 0.25) is 0 Å². The second-order valence-electron chi connectivity index (χ2n) is 5.07. The van der Waals surface area contributed by atoms with Crippen LogP contribution >= 0.6 is 11.8 Å². The van der Waals surface area contributed by atoms with E-state index < -0.39 is 6.10 Å². The number of aromatic nitrogens is 1. The lowest BCUT2D eigenvalue weighted by molar-refractivity contribution is -0.120. The van der Waals surface area contributed by atoms with Crippen LogP contribution in [0, 0.1) is 13.8 Å². The minimum atomic E-state index is -0.718. The summed E-state index contributed by atoms with van der Waals surface area (Å²) in [6, 6.07) is 7.65. The van der Waals surface area contributed by atoms with Crippen LogP contribution in [0.1, 0.15) is 28.7 Å². The van der Waals surface area contributed by atoms with Crippen molar-refractivity contribution in [2.75, 3.05) is 12.8 Å². The smallest absolute Gasteiger partial charge is 0.224 e. The molecule has 118 valence electrons. The molecule has 0 saturated heterocycles. The Morgan fingerprint density at radius 2 is 2.05 bits per heavy atom. The minimum absolute atomic E-state index is 0.158. The summed E-state index contributed by atoms with van der Waals surface area (Å²) in [4.78, 5) is 13.1. The molecule has 1 heterocycles. The first-order valence-electron chi connectivity index (χ1n) is 7.01. The van der Waals surface area contributed by atoms with Crippen molar-refractivity contribution in [1.82, 2.24) is 10.5 Å². The first kappa shape index (κ1) is 16.6. The van der Waals surface area contributed by atoms with Crippen LogP contribution in [0.4, 0.5) is 0 Å². The van der Waals surface area contributed by atoms with Crippen LogP contribution in [0.25, 0.3) is 0 Å². The molecule has 0 saturated carbocycles. The second kappa shape index (κ2) is 7.47. The predicted octanol–water partition coefficient (Wildman–Crippen LogP) is 2.41. The molecule has 1 unspecified atom stereocenters.